The molecule has 1 aromatic carbocycles. The first-order valence-electron chi connectivity index (χ1n) is 8.05. The molecule has 1 saturated heterocycles. The number of amides is 1. The van der Waals surface area contributed by atoms with Crippen molar-refractivity contribution in [2.75, 3.05) is 6.54 Å². The minimum Gasteiger partial charge on any atom is -0.359 e. The lowest BCUT2D eigenvalue weighted by Gasteiger charge is -2.22. The van der Waals surface area contributed by atoms with Gasteiger partial charge in [-0.25, -0.2) is 4.39 Å². The summed E-state index contributed by atoms with van der Waals surface area (Å²) < 4.78 is 18.7. The lowest BCUT2D eigenvalue weighted by Crippen LogP contribution is -2.31. The van der Waals surface area contributed by atoms with E-state index in [4.69, 9.17) is 4.52 Å². The lowest BCUT2D eigenvalue weighted by atomic mass is 10.1. The second-order valence-electron chi connectivity index (χ2n) is 6.36. The third-order valence-corrected chi connectivity index (χ3v) is 4.28. The predicted octanol–water partition coefficient (Wildman–Crippen LogP) is 3.84. The van der Waals surface area contributed by atoms with E-state index in [1.54, 1.807) is 12.1 Å². The predicted molar refractivity (Wildman–Crippen MR) is 84.4 cm³/mol. The van der Waals surface area contributed by atoms with Crippen molar-refractivity contribution in [1.29, 1.82) is 0 Å². The smallest absolute Gasteiger partial charge is 0.227 e. The molecule has 0 unspecified atom stereocenters. The zero-order valence-corrected chi connectivity index (χ0v) is 13.5. The van der Waals surface area contributed by atoms with Crippen LogP contribution in [0.2, 0.25) is 0 Å². The van der Waals surface area contributed by atoms with Gasteiger partial charge < -0.3 is 9.42 Å². The molecule has 1 fully saturated rings. The maximum Gasteiger partial charge on any atom is 0.227 e. The van der Waals surface area contributed by atoms with Crippen LogP contribution in [0, 0.1) is 5.82 Å². The number of rotatable bonds is 4. The molecule has 2 heterocycles. The minimum atomic E-state index is -0.315. The van der Waals surface area contributed by atoms with Crippen molar-refractivity contribution >= 4 is 5.91 Å². The number of benzene rings is 1. The monoisotopic (exact) mass is 316 g/mol. The van der Waals surface area contributed by atoms with Gasteiger partial charge in [0.25, 0.3) is 0 Å². The van der Waals surface area contributed by atoms with Crippen LogP contribution in [0.5, 0.6) is 0 Å². The number of nitrogens with zero attached hydrogens (tertiary/aromatic N) is 2. The fourth-order valence-corrected chi connectivity index (χ4v) is 3.02. The first-order valence-corrected chi connectivity index (χ1v) is 8.05. The summed E-state index contributed by atoms with van der Waals surface area (Å²) in [5, 5.41) is 4.09. The van der Waals surface area contributed by atoms with E-state index in [-0.39, 0.29) is 24.2 Å². The van der Waals surface area contributed by atoms with E-state index in [0.717, 1.165) is 24.3 Å². The topological polar surface area (TPSA) is 46.3 Å². The Labute approximate surface area is 135 Å². The van der Waals surface area contributed by atoms with Gasteiger partial charge in [0.1, 0.15) is 5.82 Å². The standard InChI is InChI=1S/C18H21FN2O2/c1-12(2)15-11-17(23-20-15)16-7-4-8-21(16)18(22)10-13-5-3-6-14(19)9-13/h3,5-6,9,11-12,16H,4,7-8,10H2,1-2H3/t16-/m0/s1. The molecule has 1 atom stereocenters. The van der Waals surface area contributed by atoms with Crippen LogP contribution in [0.4, 0.5) is 4.39 Å². The number of aromatic nitrogens is 1. The summed E-state index contributed by atoms with van der Waals surface area (Å²) in [5.41, 5.74) is 1.60. The Morgan fingerprint density at radius 2 is 2.26 bits per heavy atom. The van der Waals surface area contributed by atoms with Gasteiger partial charge in [-0.3, -0.25) is 4.79 Å². The average molecular weight is 316 g/mol. The third-order valence-electron chi connectivity index (χ3n) is 4.28. The van der Waals surface area contributed by atoms with Crippen molar-refractivity contribution in [3.63, 3.8) is 0 Å². The average Bonchev–Trinajstić information content (AvgIpc) is 3.16. The van der Waals surface area contributed by atoms with E-state index >= 15 is 0 Å². The van der Waals surface area contributed by atoms with E-state index in [1.165, 1.54) is 12.1 Å². The highest BCUT2D eigenvalue weighted by Gasteiger charge is 2.32. The van der Waals surface area contributed by atoms with Gasteiger partial charge in [-0.05, 0) is 36.5 Å². The van der Waals surface area contributed by atoms with E-state index < -0.39 is 0 Å². The maximum atomic E-state index is 13.3. The van der Waals surface area contributed by atoms with Crippen molar-refractivity contribution in [3.05, 3.63) is 53.2 Å². The number of hydrogen-bond acceptors (Lipinski definition) is 3. The van der Waals surface area contributed by atoms with Crippen LogP contribution in [0.1, 0.15) is 55.7 Å². The van der Waals surface area contributed by atoms with E-state index in [1.807, 2.05) is 11.0 Å². The summed E-state index contributed by atoms with van der Waals surface area (Å²) in [4.78, 5) is 14.4. The Hall–Kier alpha value is -2.17. The zero-order chi connectivity index (χ0) is 16.4. The van der Waals surface area contributed by atoms with Crippen molar-refractivity contribution in [2.24, 2.45) is 0 Å². The molecule has 0 bridgehead atoms. The molecular weight excluding hydrogens is 295 g/mol. The Balaban J connectivity index is 1.74. The second-order valence-corrected chi connectivity index (χ2v) is 6.36. The van der Waals surface area contributed by atoms with Crippen molar-refractivity contribution in [2.45, 2.75) is 45.1 Å². The second kappa shape index (κ2) is 6.52. The molecule has 0 radical (unpaired) electrons. The first-order chi connectivity index (χ1) is 11.0. The van der Waals surface area contributed by atoms with Gasteiger partial charge in [0.15, 0.2) is 5.76 Å². The number of carbonyl (C=O) groups excluding carboxylic acids is 1. The fraction of sp³-hybridized carbons (Fsp3) is 0.444. The largest absolute Gasteiger partial charge is 0.359 e. The van der Waals surface area contributed by atoms with Gasteiger partial charge in [-0.1, -0.05) is 31.1 Å². The van der Waals surface area contributed by atoms with Crippen LogP contribution >= 0.6 is 0 Å². The van der Waals surface area contributed by atoms with Gasteiger partial charge in [0.05, 0.1) is 18.2 Å². The van der Waals surface area contributed by atoms with Gasteiger partial charge in [-0.15, -0.1) is 0 Å². The maximum absolute atomic E-state index is 13.3. The van der Waals surface area contributed by atoms with E-state index in [2.05, 4.69) is 19.0 Å². The van der Waals surface area contributed by atoms with Crippen molar-refractivity contribution < 1.29 is 13.7 Å². The Morgan fingerprint density at radius 3 is 2.96 bits per heavy atom. The summed E-state index contributed by atoms with van der Waals surface area (Å²) in [7, 11) is 0. The molecule has 0 aliphatic carbocycles. The van der Waals surface area contributed by atoms with Gasteiger partial charge >= 0.3 is 0 Å². The van der Waals surface area contributed by atoms with Crippen molar-refractivity contribution in [1.82, 2.24) is 10.1 Å². The molecule has 3 rings (SSSR count). The molecule has 2 aromatic rings. The number of likely N-dealkylation sites (tertiary alicyclic amines) is 1. The Morgan fingerprint density at radius 1 is 1.43 bits per heavy atom. The molecule has 5 heteroatoms. The van der Waals surface area contributed by atoms with Crippen LogP contribution in [0.3, 0.4) is 0 Å². The Kier molecular flexibility index (Phi) is 4.46. The number of hydrogen-bond donors (Lipinski definition) is 0. The fourth-order valence-electron chi connectivity index (χ4n) is 3.02. The quantitative estimate of drug-likeness (QED) is 0.861. The lowest BCUT2D eigenvalue weighted by molar-refractivity contribution is -0.131. The molecule has 0 spiro atoms. The molecule has 23 heavy (non-hydrogen) atoms. The molecule has 1 amide bonds. The normalized spacial score (nSPS) is 17.9. The third kappa shape index (κ3) is 3.44. The van der Waals surface area contributed by atoms with Crippen LogP contribution in [0.25, 0.3) is 0 Å². The molecule has 1 aromatic heterocycles. The Bertz CT molecular complexity index is 696. The summed E-state index contributed by atoms with van der Waals surface area (Å²) in [5.74, 6) is 0.731. The molecule has 1 aliphatic rings. The van der Waals surface area contributed by atoms with Gasteiger partial charge in [0, 0.05) is 12.6 Å². The summed E-state index contributed by atoms with van der Waals surface area (Å²) in [6, 6.07) is 8.09. The zero-order valence-electron chi connectivity index (χ0n) is 13.5. The van der Waals surface area contributed by atoms with Gasteiger partial charge in [-0.2, -0.15) is 0 Å². The summed E-state index contributed by atoms with van der Waals surface area (Å²) in [6.07, 6.45) is 2.03. The van der Waals surface area contributed by atoms with Gasteiger partial charge in [0.2, 0.25) is 5.91 Å². The summed E-state index contributed by atoms with van der Waals surface area (Å²) >= 11 is 0. The first kappa shape index (κ1) is 15.7. The van der Waals surface area contributed by atoms with E-state index in [9.17, 15) is 9.18 Å². The minimum absolute atomic E-state index is 0.000553. The molecule has 4 nitrogen and oxygen atoms in total. The SMILES string of the molecule is CC(C)c1cc([C@@H]2CCCN2C(=O)Cc2cccc(F)c2)on1. The summed E-state index contributed by atoms with van der Waals surface area (Å²) in [6.45, 7) is 4.82. The van der Waals surface area contributed by atoms with Crippen LogP contribution in [-0.4, -0.2) is 22.5 Å². The van der Waals surface area contributed by atoms with E-state index in [0.29, 0.717) is 18.0 Å². The molecule has 1 aliphatic heterocycles. The van der Waals surface area contributed by atoms with Crippen molar-refractivity contribution in [3.8, 4) is 0 Å². The van der Waals surface area contributed by atoms with Crippen LogP contribution in [0.15, 0.2) is 34.9 Å². The number of halogens is 1. The highest BCUT2D eigenvalue weighted by Crippen LogP contribution is 2.33. The number of carbonyl (C=O) groups is 1. The molecular formula is C18H21FN2O2. The highest BCUT2D eigenvalue weighted by molar-refractivity contribution is 5.79. The molecule has 122 valence electrons. The highest BCUT2D eigenvalue weighted by atomic mass is 19.1. The van der Waals surface area contributed by atoms with Crippen LogP contribution < -0.4 is 0 Å². The molecule has 0 saturated carbocycles. The molecule has 0 N–H and O–H groups in total. The van der Waals surface area contributed by atoms with Crippen LogP contribution in [-0.2, 0) is 11.2 Å².